The number of nitro groups is 1. The van der Waals surface area contributed by atoms with Crippen LogP contribution in [-0.4, -0.2) is 31.6 Å². The molecule has 4 rings (SSSR count). The number of carbonyl (C=O) groups excluding carboxylic acids is 2. The van der Waals surface area contributed by atoms with E-state index in [1.165, 1.54) is 41.6 Å². The number of rotatable bonds is 6. The number of nitrogens with one attached hydrogen (secondary N) is 1. The van der Waals surface area contributed by atoms with Crippen LogP contribution in [0.4, 0.5) is 11.4 Å². The molecule has 1 amide bonds. The van der Waals surface area contributed by atoms with Crippen molar-refractivity contribution in [1.82, 2.24) is 14.8 Å². The molecule has 10 heteroatoms. The molecule has 158 valence electrons. The Kier molecular flexibility index (Phi) is 5.66. The molecule has 1 heterocycles. The Labute approximate surface area is 181 Å². The molecule has 0 saturated heterocycles. The number of benzene rings is 3. The summed E-state index contributed by atoms with van der Waals surface area (Å²) in [6.07, 6.45) is 2.57. The smallest absolute Gasteiger partial charge is 0.343 e. The maximum absolute atomic E-state index is 12.5. The van der Waals surface area contributed by atoms with Gasteiger partial charge in [0.25, 0.3) is 11.6 Å². The standard InChI is InChI=1S/C22H15N5O5/c28-21(15-4-2-1-3-5-15)25-17-7-9-18(10-8-17)32-22(29)16-6-11-19(20(12-16)27(30)31)26-14-23-13-24-26/h1-14H,(H,25,28). The van der Waals surface area contributed by atoms with Crippen LogP contribution in [0, 0.1) is 10.1 Å². The van der Waals surface area contributed by atoms with Crippen molar-refractivity contribution in [2.75, 3.05) is 5.32 Å². The average molecular weight is 429 g/mol. The molecule has 1 N–H and O–H groups in total. The van der Waals surface area contributed by atoms with Gasteiger partial charge in [0.05, 0.1) is 10.5 Å². The fraction of sp³-hybridized carbons (Fsp3) is 0. The molecule has 0 aliphatic heterocycles. The van der Waals surface area contributed by atoms with Crippen molar-refractivity contribution in [2.45, 2.75) is 0 Å². The second-order valence-corrected chi connectivity index (χ2v) is 6.53. The summed E-state index contributed by atoms with van der Waals surface area (Å²) in [5, 5.41) is 18.1. The zero-order chi connectivity index (χ0) is 22.5. The van der Waals surface area contributed by atoms with Crippen LogP contribution in [0.5, 0.6) is 5.75 Å². The zero-order valence-electron chi connectivity index (χ0n) is 16.4. The Morgan fingerprint density at radius 1 is 0.969 bits per heavy atom. The van der Waals surface area contributed by atoms with Crippen LogP contribution in [0.2, 0.25) is 0 Å². The first kappa shape index (κ1) is 20.4. The summed E-state index contributed by atoms with van der Waals surface area (Å²) < 4.78 is 6.53. The van der Waals surface area contributed by atoms with Crippen LogP contribution >= 0.6 is 0 Å². The van der Waals surface area contributed by atoms with E-state index >= 15 is 0 Å². The van der Waals surface area contributed by atoms with E-state index in [9.17, 15) is 19.7 Å². The highest BCUT2D eigenvalue weighted by Crippen LogP contribution is 2.25. The number of hydrogen-bond donors (Lipinski definition) is 1. The van der Waals surface area contributed by atoms with Gasteiger partial charge in [-0.2, -0.15) is 5.10 Å². The monoisotopic (exact) mass is 429 g/mol. The maximum Gasteiger partial charge on any atom is 0.343 e. The van der Waals surface area contributed by atoms with E-state index in [0.717, 1.165) is 6.07 Å². The summed E-state index contributed by atoms with van der Waals surface area (Å²) in [5.41, 5.74) is 0.888. The number of anilines is 1. The molecule has 4 aromatic rings. The van der Waals surface area contributed by atoms with Gasteiger partial charge in [0, 0.05) is 17.3 Å². The topological polar surface area (TPSA) is 129 Å². The van der Waals surface area contributed by atoms with Gasteiger partial charge in [-0.3, -0.25) is 14.9 Å². The molecule has 10 nitrogen and oxygen atoms in total. The van der Waals surface area contributed by atoms with Crippen molar-refractivity contribution < 1.29 is 19.2 Å². The second-order valence-electron chi connectivity index (χ2n) is 6.53. The maximum atomic E-state index is 12.5. The molecule has 0 bridgehead atoms. The molecule has 0 aliphatic rings. The van der Waals surface area contributed by atoms with E-state index in [0.29, 0.717) is 11.3 Å². The fourth-order valence-electron chi connectivity index (χ4n) is 2.89. The summed E-state index contributed by atoms with van der Waals surface area (Å²) in [5.74, 6) is -0.815. The van der Waals surface area contributed by atoms with E-state index in [-0.39, 0.29) is 28.6 Å². The molecule has 0 aliphatic carbocycles. The minimum atomic E-state index is -0.765. The van der Waals surface area contributed by atoms with Crippen LogP contribution < -0.4 is 10.1 Å². The predicted molar refractivity (Wildman–Crippen MR) is 114 cm³/mol. The summed E-state index contributed by atoms with van der Waals surface area (Å²) in [6, 6.07) is 18.8. The Balaban J connectivity index is 1.46. The number of nitrogens with zero attached hydrogens (tertiary/aromatic N) is 4. The van der Waals surface area contributed by atoms with Gasteiger partial charge in [-0.15, -0.1) is 0 Å². The van der Waals surface area contributed by atoms with Gasteiger partial charge in [0.15, 0.2) is 0 Å². The van der Waals surface area contributed by atoms with Gasteiger partial charge in [-0.05, 0) is 48.5 Å². The minimum Gasteiger partial charge on any atom is -0.423 e. The number of hydrogen-bond acceptors (Lipinski definition) is 7. The number of nitro benzene ring substituents is 1. The van der Waals surface area contributed by atoms with E-state index < -0.39 is 10.9 Å². The Bertz CT molecular complexity index is 1270. The SMILES string of the molecule is O=C(Nc1ccc(OC(=O)c2ccc(-n3cncn3)c([N+](=O)[O-])c2)cc1)c1ccccc1. The summed E-state index contributed by atoms with van der Waals surface area (Å²) >= 11 is 0. The molecule has 1 aromatic heterocycles. The van der Waals surface area contributed by atoms with Gasteiger partial charge < -0.3 is 10.1 Å². The molecule has 0 saturated carbocycles. The van der Waals surface area contributed by atoms with Crippen molar-refractivity contribution in [3.05, 3.63) is 107 Å². The minimum absolute atomic E-state index is 0.00187. The molecular weight excluding hydrogens is 414 g/mol. The molecule has 32 heavy (non-hydrogen) atoms. The zero-order valence-corrected chi connectivity index (χ0v) is 16.4. The first-order chi connectivity index (χ1) is 15.5. The summed E-state index contributed by atoms with van der Waals surface area (Å²) in [7, 11) is 0. The van der Waals surface area contributed by atoms with Crippen molar-refractivity contribution in [3.8, 4) is 11.4 Å². The van der Waals surface area contributed by atoms with Crippen LogP contribution in [0.1, 0.15) is 20.7 Å². The Morgan fingerprint density at radius 2 is 1.72 bits per heavy atom. The molecule has 0 atom stereocenters. The third kappa shape index (κ3) is 4.49. The largest absolute Gasteiger partial charge is 0.423 e. The molecule has 0 spiro atoms. The Hall–Kier alpha value is -4.86. The van der Waals surface area contributed by atoms with Gasteiger partial charge in [0.1, 0.15) is 24.1 Å². The molecule has 0 radical (unpaired) electrons. The summed E-state index contributed by atoms with van der Waals surface area (Å²) in [6.45, 7) is 0. The van der Waals surface area contributed by atoms with Crippen molar-refractivity contribution in [2.24, 2.45) is 0 Å². The van der Waals surface area contributed by atoms with Gasteiger partial charge in [-0.25, -0.2) is 14.5 Å². The summed E-state index contributed by atoms with van der Waals surface area (Å²) in [4.78, 5) is 39.3. The second kappa shape index (κ2) is 8.88. The molecule has 3 aromatic carbocycles. The first-order valence-electron chi connectivity index (χ1n) is 9.33. The third-order valence-electron chi connectivity index (χ3n) is 4.43. The number of aromatic nitrogens is 3. The number of carbonyl (C=O) groups is 2. The van der Waals surface area contributed by atoms with Crippen molar-refractivity contribution in [1.29, 1.82) is 0 Å². The van der Waals surface area contributed by atoms with E-state index in [4.69, 9.17) is 4.74 Å². The van der Waals surface area contributed by atoms with E-state index in [2.05, 4.69) is 15.4 Å². The Morgan fingerprint density at radius 3 is 2.38 bits per heavy atom. The van der Waals surface area contributed by atoms with Gasteiger partial charge in [-0.1, -0.05) is 18.2 Å². The predicted octanol–water partition coefficient (Wildman–Crippen LogP) is 3.65. The lowest BCUT2D eigenvalue weighted by Gasteiger charge is -2.08. The van der Waals surface area contributed by atoms with Crippen LogP contribution in [0.25, 0.3) is 5.69 Å². The number of amides is 1. The lowest BCUT2D eigenvalue weighted by Crippen LogP contribution is -2.12. The van der Waals surface area contributed by atoms with E-state index in [1.807, 2.05) is 6.07 Å². The van der Waals surface area contributed by atoms with Crippen molar-refractivity contribution in [3.63, 3.8) is 0 Å². The van der Waals surface area contributed by atoms with Gasteiger partial charge >= 0.3 is 5.97 Å². The number of ether oxygens (including phenoxy) is 1. The average Bonchev–Trinajstić information content (AvgIpc) is 3.35. The highest BCUT2D eigenvalue weighted by molar-refractivity contribution is 6.04. The molecular formula is C22H15N5O5. The quantitative estimate of drug-likeness (QED) is 0.214. The van der Waals surface area contributed by atoms with Crippen LogP contribution in [-0.2, 0) is 0 Å². The third-order valence-corrected chi connectivity index (χ3v) is 4.43. The van der Waals surface area contributed by atoms with Gasteiger partial charge in [0.2, 0.25) is 0 Å². The van der Waals surface area contributed by atoms with Crippen LogP contribution in [0.15, 0.2) is 85.5 Å². The highest BCUT2D eigenvalue weighted by Gasteiger charge is 2.20. The van der Waals surface area contributed by atoms with E-state index in [1.54, 1.807) is 36.4 Å². The lowest BCUT2D eigenvalue weighted by molar-refractivity contribution is -0.384. The first-order valence-corrected chi connectivity index (χ1v) is 9.33. The lowest BCUT2D eigenvalue weighted by atomic mass is 10.1. The van der Waals surface area contributed by atoms with Crippen LogP contribution in [0.3, 0.4) is 0 Å². The van der Waals surface area contributed by atoms with Crippen molar-refractivity contribution >= 4 is 23.3 Å². The molecule has 0 fully saturated rings. The number of esters is 1. The molecule has 0 unspecified atom stereocenters. The highest BCUT2D eigenvalue weighted by atomic mass is 16.6. The fourth-order valence-corrected chi connectivity index (χ4v) is 2.89. The normalized spacial score (nSPS) is 10.4.